The van der Waals surface area contributed by atoms with E-state index in [1.807, 2.05) is 41.5 Å². The van der Waals surface area contributed by atoms with Crippen molar-refractivity contribution >= 4 is 77.0 Å². The van der Waals surface area contributed by atoms with E-state index in [4.69, 9.17) is 4.74 Å². The summed E-state index contributed by atoms with van der Waals surface area (Å²) in [5.41, 5.74) is 0.727. The van der Waals surface area contributed by atoms with Gasteiger partial charge in [0.15, 0.2) is 0 Å². The molecular weight excluding hydrogens is 1190 g/mol. The molecule has 1 aromatic rings. The van der Waals surface area contributed by atoms with E-state index in [2.05, 4.69) is 21.3 Å². The number of allylic oxidation sites excluding steroid dienone is 1. The lowest BCUT2D eigenvalue weighted by atomic mass is 9.91. The monoisotopic (exact) mass is 1310 g/mol. The maximum absolute atomic E-state index is 15.3. The van der Waals surface area contributed by atoms with Crippen LogP contribution in [0.4, 0.5) is 0 Å². The average Bonchev–Trinajstić information content (AvgIpc) is 0.810. The van der Waals surface area contributed by atoms with Crippen molar-refractivity contribution in [3.63, 3.8) is 0 Å². The molecule has 1 aromatic carbocycles. The summed E-state index contributed by atoms with van der Waals surface area (Å²) in [6.45, 7) is 28.3. The third-order valence-corrected chi connectivity index (χ3v) is 17.1. The van der Waals surface area contributed by atoms with E-state index in [9.17, 15) is 48.3 Å². The number of esters is 1. The summed E-state index contributed by atoms with van der Waals surface area (Å²) in [5, 5.41) is 23.4. The molecule has 1 saturated heterocycles. The third kappa shape index (κ3) is 22.9. The number of hydrogen-bond donors (Lipinski definition) is 5. The van der Waals surface area contributed by atoms with Gasteiger partial charge in [-0.3, -0.25) is 57.5 Å². The molecule has 524 valence electrons. The van der Waals surface area contributed by atoms with E-state index in [1.165, 1.54) is 94.6 Å². The van der Waals surface area contributed by atoms with Crippen molar-refractivity contribution < 1.29 is 67.4 Å². The smallest absolute Gasteiger partial charge is 0.308 e. The predicted octanol–water partition coefficient (Wildman–Crippen LogP) is 3.94. The van der Waals surface area contributed by atoms with Gasteiger partial charge in [0.05, 0.1) is 12.6 Å². The highest BCUT2D eigenvalue weighted by Crippen LogP contribution is 2.26. The first-order chi connectivity index (χ1) is 43.0. The number of aliphatic hydroxyl groups excluding tert-OH is 1. The molecule has 1 heterocycles. The second-order valence-corrected chi connectivity index (χ2v) is 27.6. The standard InChI is InChI=1S/C68H113N11O14/c1-25-49-64(88)73(18)36-53(81)74(19)50(33-37(2)3)61(85)72-54(40(8)9)66(90)75(20)51(34-38(4)5)60(84)69-44(15)59(83)70-45(16)63(87)76(21)52(35-39(6)7)65(89)77(22)55(41(10)11)67(91)78(23)56(42(12)13)68(92)79(24)57(62(86)71-49)58(82)43(14)27-26-28-47-29-31-48(32-30-47)93-46(17)80/h26,28-32,37-45,49-52,54-58,82H,25,27,33-36H2,1-24H3,(H,69,84)(H,70,83)(H,71,86)(H,72,85)/b28-26+/t43-,44+,45-,49+,50+,51+,52+,54+,55?,56+,57+,58-/m1/s1. The maximum atomic E-state index is 15.3. The van der Waals surface area contributed by atoms with Crippen LogP contribution in [0, 0.1) is 41.4 Å². The SMILES string of the molecule is CC[C@@H]1NC(=O)[C@H]([C@H](O)[C@H](C)C/C=C/c2ccc(OC(C)=O)cc2)N(C)C(=O)[C@H](C(C)C)N(C)C(=O)C(C(C)C)N(C)C(=O)[C@H](CC(C)C)N(C)C(=O)[C@@H](C)NC(=O)[C@H](C)NC(=O)[C@H](CC(C)C)N(C)C(=O)[C@H](C(C)C)NC(=O)[C@H](CC(C)C)N(C)C(=O)CN(C)C1=O. The van der Waals surface area contributed by atoms with Gasteiger partial charge in [-0.25, -0.2) is 0 Å². The van der Waals surface area contributed by atoms with Crippen molar-refractivity contribution in [3.05, 3.63) is 35.9 Å². The summed E-state index contributed by atoms with van der Waals surface area (Å²) in [6, 6.07) is -6.05. The number of likely N-dealkylation sites (N-methyl/N-ethyl adjacent to an activating group) is 7. The first-order valence-electron chi connectivity index (χ1n) is 32.7. The van der Waals surface area contributed by atoms with Crippen LogP contribution in [0.2, 0.25) is 0 Å². The molecule has 0 radical (unpaired) electrons. The van der Waals surface area contributed by atoms with Gasteiger partial charge < -0.3 is 65.4 Å². The zero-order valence-corrected chi connectivity index (χ0v) is 60.0. The van der Waals surface area contributed by atoms with Crippen LogP contribution in [-0.4, -0.2) is 233 Å². The Hall–Kier alpha value is -7.44. The van der Waals surface area contributed by atoms with Crippen LogP contribution in [-0.2, 0) is 57.5 Å². The molecule has 0 aliphatic carbocycles. The van der Waals surface area contributed by atoms with Gasteiger partial charge in [0, 0.05) is 56.3 Å². The van der Waals surface area contributed by atoms with Crippen molar-refractivity contribution in [3.8, 4) is 5.75 Å². The summed E-state index contributed by atoms with van der Waals surface area (Å²) in [7, 11) is 9.78. The highest BCUT2D eigenvalue weighted by atomic mass is 16.5. The summed E-state index contributed by atoms with van der Waals surface area (Å²) < 4.78 is 5.15. The van der Waals surface area contributed by atoms with Gasteiger partial charge in [0.25, 0.3) is 0 Å². The molecule has 25 heteroatoms. The van der Waals surface area contributed by atoms with Gasteiger partial charge in [-0.15, -0.1) is 0 Å². The molecule has 0 saturated carbocycles. The number of aliphatic hydroxyl groups is 1. The zero-order valence-electron chi connectivity index (χ0n) is 60.0. The van der Waals surface area contributed by atoms with Gasteiger partial charge in [-0.1, -0.05) is 121 Å². The van der Waals surface area contributed by atoms with Crippen LogP contribution >= 0.6 is 0 Å². The Kier molecular flexibility index (Phi) is 32.4. The van der Waals surface area contributed by atoms with Crippen LogP contribution in [0.3, 0.4) is 0 Å². The minimum Gasteiger partial charge on any atom is -0.427 e. The molecule has 1 aliphatic heterocycles. The van der Waals surface area contributed by atoms with E-state index >= 15 is 14.4 Å². The lowest BCUT2D eigenvalue weighted by Crippen LogP contribution is -2.64. The van der Waals surface area contributed by atoms with Gasteiger partial charge in [0.1, 0.15) is 66.2 Å². The molecule has 93 heavy (non-hydrogen) atoms. The topological polar surface area (TPSA) is 305 Å². The Bertz CT molecular complexity index is 2790. The van der Waals surface area contributed by atoms with E-state index in [1.54, 1.807) is 91.8 Å². The largest absolute Gasteiger partial charge is 0.427 e. The van der Waals surface area contributed by atoms with Gasteiger partial charge in [0.2, 0.25) is 65.0 Å². The molecule has 0 bridgehead atoms. The van der Waals surface area contributed by atoms with Crippen molar-refractivity contribution in [1.82, 2.24) is 55.6 Å². The summed E-state index contributed by atoms with van der Waals surface area (Å²) in [4.78, 5) is 181. The lowest BCUT2D eigenvalue weighted by molar-refractivity contribution is -0.158. The molecule has 12 atom stereocenters. The summed E-state index contributed by atoms with van der Waals surface area (Å²) in [6.07, 6.45) is 2.48. The fourth-order valence-electron chi connectivity index (χ4n) is 11.5. The Morgan fingerprint density at radius 1 is 0.516 bits per heavy atom. The Balaban J connectivity index is 2.97. The number of nitrogens with zero attached hydrogens (tertiary/aromatic N) is 7. The van der Waals surface area contributed by atoms with Crippen LogP contribution in [0.5, 0.6) is 5.75 Å². The first-order valence-corrected chi connectivity index (χ1v) is 32.7. The van der Waals surface area contributed by atoms with Crippen molar-refractivity contribution in [1.29, 1.82) is 0 Å². The summed E-state index contributed by atoms with van der Waals surface area (Å²) in [5.74, 6) is -10.9. The molecule has 5 N–H and O–H groups in total. The summed E-state index contributed by atoms with van der Waals surface area (Å²) >= 11 is 0. The van der Waals surface area contributed by atoms with Gasteiger partial charge in [-0.2, -0.15) is 0 Å². The van der Waals surface area contributed by atoms with Crippen molar-refractivity contribution in [2.45, 2.75) is 216 Å². The van der Waals surface area contributed by atoms with E-state index in [0.29, 0.717) is 5.75 Å². The fraction of sp³-hybridized carbons (Fsp3) is 0.706. The molecule has 1 aliphatic rings. The average molecular weight is 1310 g/mol. The third-order valence-electron chi connectivity index (χ3n) is 17.1. The van der Waals surface area contributed by atoms with Crippen LogP contribution in [0.1, 0.15) is 155 Å². The second-order valence-electron chi connectivity index (χ2n) is 27.6. The number of nitrogens with one attached hydrogen (secondary N) is 4. The molecular formula is C68H113N11O14. The Morgan fingerprint density at radius 2 is 0.957 bits per heavy atom. The lowest BCUT2D eigenvalue weighted by Gasteiger charge is -2.42. The Morgan fingerprint density at radius 3 is 1.42 bits per heavy atom. The number of carbonyl (C=O) groups excluding carboxylic acids is 12. The highest BCUT2D eigenvalue weighted by molar-refractivity contribution is 5.99. The molecule has 0 aromatic heterocycles. The highest BCUT2D eigenvalue weighted by Gasteiger charge is 2.46. The number of ether oxygens (including phenoxy) is 1. The maximum Gasteiger partial charge on any atom is 0.308 e. The number of amides is 11. The molecule has 1 unspecified atom stereocenters. The van der Waals surface area contributed by atoms with Gasteiger partial charge in [-0.05, 0) is 105 Å². The number of carbonyl (C=O) groups is 12. The molecule has 11 amide bonds. The molecule has 0 spiro atoms. The minimum absolute atomic E-state index is 0.0190. The van der Waals surface area contributed by atoms with Crippen molar-refractivity contribution in [2.24, 2.45) is 41.4 Å². The van der Waals surface area contributed by atoms with E-state index in [0.717, 1.165) is 15.4 Å². The Labute approximate surface area is 553 Å². The predicted molar refractivity (Wildman–Crippen MR) is 356 cm³/mol. The number of benzene rings is 1. The van der Waals surface area contributed by atoms with Crippen LogP contribution in [0.25, 0.3) is 6.08 Å². The van der Waals surface area contributed by atoms with E-state index < -0.39 is 168 Å². The normalized spacial score (nSPS) is 25.5. The molecule has 2 rings (SSSR count). The fourth-order valence-corrected chi connectivity index (χ4v) is 11.5. The van der Waals surface area contributed by atoms with Crippen molar-refractivity contribution in [2.75, 3.05) is 55.9 Å². The second kappa shape index (κ2) is 36.9. The zero-order chi connectivity index (χ0) is 71.5. The number of rotatable bonds is 16. The van der Waals surface area contributed by atoms with Crippen LogP contribution < -0.4 is 26.0 Å². The van der Waals surface area contributed by atoms with Gasteiger partial charge >= 0.3 is 5.97 Å². The molecule has 25 nitrogen and oxygen atoms in total. The van der Waals surface area contributed by atoms with Crippen LogP contribution in [0.15, 0.2) is 30.3 Å². The van der Waals surface area contributed by atoms with E-state index in [-0.39, 0.29) is 49.9 Å². The minimum atomic E-state index is -1.70. The molecule has 1 fully saturated rings. The number of hydrogen-bond acceptors (Lipinski definition) is 14. The quantitative estimate of drug-likeness (QED) is 0.116. The first kappa shape index (κ1) is 81.7.